The lowest BCUT2D eigenvalue weighted by Crippen LogP contribution is -2.59. The first-order chi connectivity index (χ1) is 6.83. The minimum absolute atomic E-state index is 0.156. The SMILES string of the molecule is CCO[SiH2]C(C)(C)NC(C)(C)[SiH2]OCC. The van der Waals surface area contributed by atoms with E-state index in [1.807, 2.05) is 0 Å². The number of nitrogens with one attached hydrogen (secondary N) is 1. The minimum Gasteiger partial charge on any atom is -0.422 e. The molecule has 0 aromatic carbocycles. The van der Waals surface area contributed by atoms with Gasteiger partial charge in [0.15, 0.2) is 19.5 Å². The standard InChI is InChI=1S/C10H27NO2Si2/c1-7-12-14-9(3,4)11-10(5,6)15-13-8-2/h11H,7-8,14-15H2,1-6H3. The average Bonchev–Trinajstić information content (AvgIpc) is 2.10. The van der Waals surface area contributed by atoms with E-state index >= 15 is 0 Å². The molecule has 0 atom stereocenters. The third kappa shape index (κ3) is 8.16. The Labute approximate surface area is 99.2 Å². The van der Waals surface area contributed by atoms with Gasteiger partial charge < -0.3 is 14.2 Å². The molecule has 1 N–H and O–H groups in total. The Morgan fingerprint density at radius 1 is 0.867 bits per heavy atom. The molecule has 3 nitrogen and oxygen atoms in total. The molecule has 0 heterocycles. The van der Waals surface area contributed by atoms with Crippen LogP contribution in [-0.4, -0.2) is 43.1 Å². The Morgan fingerprint density at radius 2 is 1.20 bits per heavy atom. The van der Waals surface area contributed by atoms with Gasteiger partial charge in [-0.05, 0) is 41.5 Å². The quantitative estimate of drug-likeness (QED) is 0.627. The Hall–Kier alpha value is 0.314. The maximum atomic E-state index is 5.60. The molecule has 0 unspecified atom stereocenters. The highest BCUT2D eigenvalue weighted by Gasteiger charge is 2.28. The van der Waals surface area contributed by atoms with Gasteiger partial charge in [0.1, 0.15) is 0 Å². The fraction of sp³-hybridized carbons (Fsp3) is 1.00. The van der Waals surface area contributed by atoms with E-state index in [0.29, 0.717) is 0 Å². The highest BCUT2D eigenvalue weighted by Crippen LogP contribution is 2.09. The van der Waals surface area contributed by atoms with Crippen LogP contribution < -0.4 is 5.32 Å². The molecule has 0 saturated heterocycles. The molecule has 0 aliphatic heterocycles. The van der Waals surface area contributed by atoms with Crippen LogP contribution in [0.25, 0.3) is 0 Å². The molecule has 0 spiro atoms. The van der Waals surface area contributed by atoms with Crippen LogP contribution in [-0.2, 0) is 8.85 Å². The maximum absolute atomic E-state index is 5.60. The van der Waals surface area contributed by atoms with Crippen LogP contribution in [0.2, 0.25) is 0 Å². The molecule has 0 saturated carbocycles. The van der Waals surface area contributed by atoms with Crippen LogP contribution in [0.4, 0.5) is 0 Å². The second-order valence-corrected chi connectivity index (χ2v) is 10.1. The summed E-state index contributed by atoms with van der Waals surface area (Å²) in [5.41, 5.74) is 0. The normalized spacial score (nSPS) is 14.8. The van der Waals surface area contributed by atoms with Crippen molar-refractivity contribution in [1.82, 2.24) is 5.32 Å². The van der Waals surface area contributed by atoms with Crippen LogP contribution in [0.1, 0.15) is 41.5 Å². The monoisotopic (exact) mass is 249 g/mol. The van der Waals surface area contributed by atoms with Gasteiger partial charge in [0.2, 0.25) is 0 Å². The lowest BCUT2D eigenvalue weighted by molar-refractivity contribution is 0.291. The zero-order valence-corrected chi connectivity index (χ0v) is 14.0. The molecule has 0 amide bonds. The summed E-state index contributed by atoms with van der Waals surface area (Å²) >= 11 is 0. The van der Waals surface area contributed by atoms with Crippen molar-refractivity contribution in [2.24, 2.45) is 0 Å². The Morgan fingerprint density at radius 3 is 1.47 bits per heavy atom. The smallest absolute Gasteiger partial charge is 0.180 e. The van der Waals surface area contributed by atoms with E-state index < -0.39 is 19.5 Å². The molecule has 0 aromatic rings. The number of rotatable bonds is 8. The zero-order valence-electron chi connectivity index (χ0n) is 11.1. The molecule has 0 rings (SSSR count). The summed E-state index contributed by atoms with van der Waals surface area (Å²) in [7, 11) is -1.02. The first-order valence-corrected chi connectivity index (χ1v) is 8.34. The van der Waals surface area contributed by atoms with Gasteiger partial charge in [-0.15, -0.1) is 0 Å². The molecule has 0 aliphatic rings. The fourth-order valence-corrected chi connectivity index (χ4v) is 4.48. The Kier molecular flexibility index (Phi) is 6.94. The third-order valence-corrected chi connectivity index (χ3v) is 5.03. The van der Waals surface area contributed by atoms with Crippen molar-refractivity contribution in [2.75, 3.05) is 13.2 Å². The van der Waals surface area contributed by atoms with Gasteiger partial charge in [-0.25, -0.2) is 0 Å². The molecule has 0 aromatic heterocycles. The van der Waals surface area contributed by atoms with Gasteiger partial charge in [0.25, 0.3) is 0 Å². The van der Waals surface area contributed by atoms with Crippen molar-refractivity contribution >= 4 is 19.5 Å². The second kappa shape index (κ2) is 6.80. The summed E-state index contributed by atoms with van der Waals surface area (Å²) in [6, 6.07) is 0. The van der Waals surface area contributed by atoms with E-state index in [1.54, 1.807) is 0 Å². The summed E-state index contributed by atoms with van der Waals surface area (Å²) in [5, 5.41) is 3.99. The van der Waals surface area contributed by atoms with E-state index in [1.165, 1.54) is 0 Å². The maximum Gasteiger partial charge on any atom is 0.180 e. The Bertz CT molecular complexity index is 157. The average molecular weight is 250 g/mol. The van der Waals surface area contributed by atoms with Crippen molar-refractivity contribution in [2.45, 2.75) is 51.9 Å². The predicted octanol–water partition coefficient (Wildman–Crippen LogP) is 0.289. The van der Waals surface area contributed by atoms with Crippen LogP contribution in [0.5, 0.6) is 0 Å². The highest BCUT2D eigenvalue weighted by molar-refractivity contribution is 6.34. The van der Waals surface area contributed by atoms with Gasteiger partial charge in [-0.3, -0.25) is 0 Å². The predicted molar refractivity (Wildman–Crippen MR) is 71.6 cm³/mol. The van der Waals surface area contributed by atoms with E-state index in [9.17, 15) is 0 Å². The van der Waals surface area contributed by atoms with Crippen molar-refractivity contribution in [3.05, 3.63) is 0 Å². The van der Waals surface area contributed by atoms with Gasteiger partial charge in [-0.1, -0.05) is 0 Å². The summed E-state index contributed by atoms with van der Waals surface area (Å²) in [6.07, 6.45) is 0. The number of hydrogen-bond donors (Lipinski definition) is 1. The second-order valence-electron chi connectivity index (χ2n) is 5.17. The van der Waals surface area contributed by atoms with Gasteiger partial charge in [0.05, 0.1) is 0 Å². The zero-order chi connectivity index (χ0) is 11.9. The molecule has 0 bridgehead atoms. The van der Waals surface area contributed by atoms with E-state index in [-0.39, 0.29) is 10.3 Å². The molecule has 15 heavy (non-hydrogen) atoms. The number of hydrogen-bond acceptors (Lipinski definition) is 3. The van der Waals surface area contributed by atoms with E-state index in [0.717, 1.165) is 13.2 Å². The van der Waals surface area contributed by atoms with Gasteiger partial charge in [-0.2, -0.15) is 0 Å². The Balaban J connectivity index is 4.04. The summed E-state index contributed by atoms with van der Waals surface area (Å²) in [6.45, 7) is 14.7. The van der Waals surface area contributed by atoms with Crippen LogP contribution in [0, 0.1) is 0 Å². The first kappa shape index (κ1) is 15.3. The molecular formula is C10H27NO2Si2. The fourth-order valence-electron chi connectivity index (χ4n) is 1.70. The molecule has 92 valence electrons. The van der Waals surface area contributed by atoms with E-state index in [4.69, 9.17) is 8.85 Å². The van der Waals surface area contributed by atoms with E-state index in [2.05, 4.69) is 46.9 Å². The van der Waals surface area contributed by atoms with Crippen molar-refractivity contribution in [1.29, 1.82) is 0 Å². The molecule has 0 aliphatic carbocycles. The van der Waals surface area contributed by atoms with Gasteiger partial charge >= 0.3 is 0 Å². The first-order valence-electron chi connectivity index (χ1n) is 5.78. The van der Waals surface area contributed by atoms with Crippen molar-refractivity contribution in [3.8, 4) is 0 Å². The van der Waals surface area contributed by atoms with Crippen LogP contribution in [0.15, 0.2) is 0 Å². The van der Waals surface area contributed by atoms with Crippen LogP contribution in [0.3, 0.4) is 0 Å². The van der Waals surface area contributed by atoms with Crippen LogP contribution >= 0.6 is 0 Å². The topological polar surface area (TPSA) is 30.5 Å². The summed E-state index contributed by atoms with van der Waals surface area (Å²) in [4.78, 5) is 0. The lowest BCUT2D eigenvalue weighted by atomic mass is 10.3. The largest absolute Gasteiger partial charge is 0.422 e. The molecule has 5 heteroatoms. The van der Waals surface area contributed by atoms with Crippen molar-refractivity contribution in [3.63, 3.8) is 0 Å². The third-order valence-electron chi connectivity index (χ3n) is 2.01. The van der Waals surface area contributed by atoms with Gasteiger partial charge in [0, 0.05) is 23.5 Å². The summed E-state index contributed by atoms with van der Waals surface area (Å²) in [5.74, 6) is 0. The molecule has 0 radical (unpaired) electrons. The van der Waals surface area contributed by atoms with Crippen molar-refractivity contribution < 1.29 is 8.85 Å². The minimum atomic E-state index is -0.508. The lowest BCUT2D eigenvalue weighted by Gasteiger charge is -2.36. The molecule has 0 fully saturated rings. The highest BCUT2D eigenvalue weighted by atomic mass is 28.2. The summed E-state index contributed by atoms with van der Waals surface area (Å²) < 4.78 is 11.2. The molecular weight excluding hydrogens is 222 g/mol.